The Bertz CT molecular complexity index is 401. The lowest BCUT2D eigenvalue weighted by molar-refractivity contribution is 0.0947. The van der Waals surface area contributed by atoms with Crippen LogP contribution in [-0.2, 0) is 0 Å². The summed E-state index contributed by atoms with van der Waals surface area (Å²) >= 11 is 3.54. The highest BCUT2D eigenvalue weighted by molar-refractivity contribution is 9.09. The topological polar surface area (TPSA) is 47.6 Å². The number of carbonyl (C=O) groups is 1. The van der Waals surface area contributed by atoms with Crippen molar-refractivity contribution in [2.45, 2.75) is 24.6 Å². The Hall–Kier alpha value is -1.23. The first kappa shape index (κ1) is 15.8. The zero-order valence-electron chi connectivity index (χ0n) is 11.5. The predicted octanol–water partition coefficient (Wildman–Crippen LogP) is 3.00. The number of carbonyl (C=O) groups excluding carboxylic acids is 1. The minimum Gasteiger partial charge on any atom is -0.496 e. The highest BCUT2D eigenvalue weighted by Gasteiger charge is 2.17. The molecule has 0 spiro atoms. The number of amides is 1. The molecule has 1 aromatic rings. The average Bonchev–Trinajstić information content (AvgIpc) is 2.45. The Morgan fingerprint density at radius 2 is 1.89 bits per heavy atom. The fraction of sp³-hybridized carbons (Fsp3) is 0.500. The van der Waals surface area contributed by atoms with Gasteiger partial charge in [-0.15, -0.1) is 0 Å². The minimum absolute atomic E-state index is 0.176. The number of benzene rings is 1. The van der Waals surface area contributed by atoms with E-state index in [4.69, 9.17) is 9.47 Å². The molecule has 1 aromatic carbocycles. The van der Waals surface area contributed by atoms with Gasteiger partial charge in [-0.2, -0.15) is 0 Å². The number of ether oxygens (including phenoxy) is 2. The molecule has 0 saturated carbocycles. The summed E-state index contributed by atoms with van der Waals surface area (Å²) in [4.78, 5) is 12.6. The fourth-order valence-electron chi connectivity index (χ4n) is 1.71. The van der Waals surface area contributed by atoms with Crippen LogP contribution in [0.4, 0.5) is 0 Å². The van der Waals surface area contributed by atoms with Crippen molar-refractivity contribution in [1.29, 1.82) is 0 Å². The predicted molar refractivity (Wildman–Crippen MR) is 79.5 cm³/mol. The molecule has 0 heterocycles. The van der Waals surface area contributed by atoms with Crippen molar-refractivity contribution in [3.8, 4) is 11.5 Å². The second-order valence-electron chi connectivity index (χ2n) is 4.09. The molecule has 1 amide bonds. The number of rotatable bonds is 7. The quantitative estimate of drug-likeness (QED) is 0.782. The molecule has 1 unspecified atom stereocenters. The van der Waals surface area contributed by atoms with Crippen LogP contribution in [0.25, 0.3) is 0 Å². The van der Waals surface area contributed by atoms with Crippen LogP contribution in [0.3, 0.4) is 0 Å². The smallest absolute Gasteiger partial charge is 0.258 e. The normalized spacial score (nSPS) is 11.8. The summed E-state index contributed by atoms with van der Waals surface area (Å²) in [5.41, 5.74) is 0.440. The van der Waals surface area contributed by atoms with Crippen LogP contribution in [0.15, 0.2) is 18.2 Å². The lowest BCUT2D eigenvalue weighted by Gasteiger charge is -2.13. The summed E-state index contributed by atoms with van der Waals surface area (Å²) in [5.74, 6) is 0.857. The summed E-state index contributed by atoms with van der Waals surface area (Å²) in [6, 6.07) is 5.29. The van der Waals surface area contributed by atoms with Gasteiger partial charge in [-0.1, -0.05) is 28.9 Å². The Kier molecular flexibility index (Phi) is 6.70. The van der Waals surface area contributed by atoms with E-state index in [1.165, 1.54) is 14.2 Å². The third kappa shape index (κ3) is 4.42. The monoisotopic (exact) mass is 329 g/mol. The van der Waals surface area contributed by atoms with Crippen LogP contribution in [0.2, 0.25) is 0 Å². The molecular weight excluding hydrogens is 310 g/mol. The first-order valence-corrected chi connectivity index (χ1v) is 7.18. The number of methoxy groups -OCH3 is 2. The summed E-state index contributed by atoms with van der Waals surface area (Å²) in [7, 11) is 3.08. The molecule has 19 heavy (non-hydrogen) atoms. The Labute approximate surface area is 122 Å². The minimum atomic E-state index is -0.176. The van der Waals surface area contributed by atoms with Crippen molar-refractivity contribution < 1.29 is 14.3 Å². The molecule has 4 nitrogen and oxygen atoms in total. The molecule has 0 radical (unpaired) electrons. The largest absolute Gasteiger partial charge is 0.496 e. The summed E-state index contributed by atoms with van der Waals surface area (Å²) in [6.45, 7) is 2.72. The van der Waals surface area contributed by atoms with E-state index in [2.05, 4.69) is 28.2 Å². The van der Waals surface area contributed by atoms with Gasteiger partial charge in [0.15, 0.2) is 0 Å². The van der Waals surface area contributed by atoms with Crippen molar-refractivity contribution in [2.75, 3.05) is 20.8 Å². The van der Waals surface area contributed by atoms with E-state index in [1.807, 2.05) is 0 Å². The van der Waals surface area contributed by atoms with E-state index in [9.17, 15) is 4.79 Å². The van der Waals surface area contributed by atoms with E-state index < -0.39 is 0 Å². The van der Waals surface area contributed by atoms with E-state index >= 15 is 0 Å². The SMILES string of the molecule is CCC(Br)CCNC(=O)c1c(OC)cccc1OC. The van der Waals surface area contributed by atoms with Crippen LogP contribution in [0.5, 0.6) is 11.5 Å². The summed E-state index contributed by atoms with van der Waals surface area (Å²) < 4.78 is 10.4. The molecule has 0 aliphatic carbocycles. The Morgan fingerprint density at radius 3 is 2.37 bits per heavy atom. The standard InChI is InChI=1S/C14H20BrNO3/c1-4-10(15)8-9-16-14(17)13-11(18-2)6-5-7-12(13)19-3/h5-7,10H,4,8-9H2,1-3H3,(H,16,17). The maximum Gasteiger partial charge on any atom is 0.258 e. The molecule has 1 rings (SSSR count). The maximum atomic E-state index is 12.2. The number of hydrogen-bond donors (Lipinski definition) is 1. The first-order chi connectivity index (χ1) is 9.13. The second-order valence-corrected chi connectivity index (χ2v) is 5.38. The van der Waals surface area contributed by atoms with Crippen LogP contribution in [0, 0.1) is 0 Å². The lowest BCUT2D eigenvalue weighted by atomic mass is 10.1. The van der Waals surface area contributed by atoms with Gasteiger partial charge in [0.2, 0.25) is 0 Å². The molecule has 1 atom stereocenters. The first-order valence-electron chi connectivity index (χ1n) is 6.27. The molecule has 0 aromatic heterocycles. The molecule has 0 saturated heterocycles. The van der Waals surface area contributed by atoms with E-state index in [-0.39, 0.29) is 5.91 Å². The van der Waals surface area contributed by atoms with Crippen molar-refractivity contribution in [3.05, 3.63) is 23.8 Å². The summed E-state index contributed by atoms with van der Waals surface area (Å²) in [5, 5.41) is 2.88. The fourth-order valence-corrected chi connectivity index (χ4v) is 1.94. The zero-order chi connectivity index (χ0) is 14.3. The molecule has 0 aliphatic heterocycles. The van der Waals surface area contributed by atoms with Crippen molar-refractivity contribution in [2.24, 2.45) is 0 Å². The van der Waals surface area contributed by atoms with Crippen LogP contribution in [0.1, 0.15) is 30.1 Å². The van der Waals surface area contributed by atoms with Crippen molar-refractivity contribution >= 4 is 21.8 Å². The van der Waals surface area contributed by atoms with Gasteiger partial charge in [0.1, 0.15) is 17.1 Å². The second kappa shape index (κ2) is 8.04. The van der Waals surface area contributed by atoms with Crippen molar-refractivity contribution in [3.63, 3.8) is 0 Å². The number of alkyl halides is 1. The average molecular weight is 330 g/mol. The molecular formula is C14H20BrNO3. The number of halogens is 1. The van der Waals surface area contributed by atoms with E-state index in [1.54, 1.807) is 18.2 Å². The van der Waals surface area contributed by atoms with Gasteiger partial charge in [0.05, 0.1) is 14.2 Å². The molecule has 5 heteroatoms. The van der Waals surface area contributed by atoms with Gasteiger partial charge in [0.25, 0.3) is 5.91 Å². The van der Waals surface area contributed by atoms with Gasteiger partial charge in [-0.3, -0.25) is 4.79 Å². The maximum absolute atomic E-state index is 12.2. The number of nitrogens with one attached hydrogen (secondary N) is 1. The van der Waals surface area contributed by atoms with Crippen LogP contribution >= 0.6 is 15.9 Å². The van der Waals surface area contributed by atoms with E-state index in [0.29, 0.717) is 28.4 Å². The lowest BCUT2D eigenvalue weighted by Crippen LogP contribution is -2.26. The van der Waals surface area contributed by atoms with Crippen LogP contribution in [-0.4, -0.2) is 31.5 Å². The molecule has 0 bridgehead atoms. The van der Waals surface area contributed by atoms with Gasteiger partial charge in [-0.25, -0.2) is 0 Å². The van der Waals surface area contributed by atoms with Crippen LogP contribution < -0.4 is 14.8 Å². The van der Waals surface area contributed by atoms with Gasteiger partial charge >= 0.3 is 0 Å². The summed E-state index contributed by atoms with van der Waals surface area (Å²) in [6.07, 6.45) is 1.92. The zero-order valence-corrected chi connectivity index (χ0v) is 13.1. The molecule has 0 fully saturated rings. The molecule has 106 valence electrons. The van der Waals surface area contributed by atoms with E-state index in [0.717, 1.165) is 12.8 Å². The molecule has 0 aliphatic rings. The Balaban J connectivity index is 2.75. The van der Waals surface area contributed by atoms with Gasteiger partial charge < -0.3 is 14.8 Å². The highest BCUT2D eigenvalue weighted by atomic mass is 79.9. The van der Waals surface area contributed by atoms with Crippen molar-refractivity contribution in [1.82, 2.24) is 5.32 Å². The highest BCUT2D eigenvalue weighted by Crippen LogP contribution is 2.27. The third-order valence-corrected chi connectivity index (χ3v) is 3.95. The van der Waals surface area contributed by atoms with Gasteiger partial charge in [0, 0.05) is 11.4 Å². The molecule has 1 N–H and O–H groups in total. The third-order valence-electron chi connectivity index (χ3n) is 2.84. The van der Waals surface area contributed by atoms with Gasteiger partial charge in [-0.05, 0) is 25.0 Å². The Morgan fingerprint density at radius 1 is 1.32 bits per heavy atom. The number of hydrogen-bond acceptors (Lipinski definition) is 3.